The second kappa shape index (κ2) is 12.4. The minimum atomic E-state index is -0.444. The van der Waals surface area contributed by atoms with E-state index in [9.17, 15) is 4.79 Å². The molecule has 1 aromatic heterocycles. The highest BCUT2D eigenvalue weighted by molar-refractivity contribution is 7.99. The van der Waals surface area contributed by atoms with E-state index in [1.165, 1.54) is 6.08 Å². The summed E-state index contributed by atoms with van der Waals surface area (Å²) in [6.07, 6.45) is 9.47. The molecule has 2 aromatic carbocycles. The lowest BCUT2D eigenvalue weighted by molar-refractivity contribution is -0.148. The van der Waals surface area contributed by atoms with Crippen molar-refractivity contribution in [1.82, 2.24) is 9.97 Å². The van der Waals surface area contributed by atoms with Crippen LogP contribution in [-0.4, -0.2) is 27.3 Å². The number of ether oxygens (including phenoxy) is 1. The van der Waals surface area contributed by atoms with Gasteiger partial charge in [0.2, 0.25) is 0 Å². The molecule has 33 heavy (non-hydrogen) atoms. The van der Waals surface area contributed by atoms with Crippen molar-refractivity contribution >= 4 is 17.7 Å². The maximum Gasteiger partial charge on any atom is 0.330 e. The van der Waals surface area contributed by atoms with Gasteiger partial charge in [0.05, 0.1) is 5.69 Å². The Morgan fingerprint density at radius 3 is 2.27 bits per heavy atom. The molecule has 0 N–H and O–H groups in total. The third kappa shape index (κ3) is 8.50. The predicted molar refractivity (Wildman–Crippen MR) is 137 cm³/mol. The van der Waals surface area contributed by atoms with Gasteiger partial charge in [0.25, 0.3) is 0 Å². The van der Waals surface area contributed by atoms with E-state index in [0.29, 0.717) is 0 Å². The molecule has 5 heteroatoms. The molecule has 0 saturated heterocycles. The minimum Gasteiger partial charge on any atom is -0.457 e. The second-order valence-electron chi connectivity index (χ2n) is 8.78. The van der Waals surface area contributed by atoms with Crippen LogP contribution in [0.5, 0.6) is 0 Å². The number of benzene rings is 2. The van der Waals surface area contributed by atoms with Gasteiger partial charge in [0.1, 0.15) is 5.60 Å². The van der Waals surface area contributed by atoms with Crippen LogP contribution in [0.3, 0.4) is 0 Å². The van der Waals surface area contributed by atoms with Crippen molar-refractivity contribution in [3.8, 4) is 22.4 Å². The van der Waals surface area contributed by atoms with E-state index in [1.807, 2.05) is 69.4 Å². The third-order valence-electron chi connectivity index (χ3n) is 4.81. The highest BCUT2D eigenvalue weighted by Crippen LogP contribution is 2.31. The zero-order chi connectivity index (χ0) is 23.5. The topological polar surface area (TPSA) is 52.1 Å². The molecule has 0 unspecified atom stereocenters. The summed E-state index contributed by atoms with van der Waals surface area (Å²) in [5, 5.41) is 0.804. The van der Waals surface area contributed by atoms with E-state index in [1.54, 1.807) is 11.8 Å². The van der Waals surface area contributed by atoms with Crippen molar-refractivity contribution < 1.29 is 9.53 Å². The zero-order valence-corrected chi connectivity index (χ0v) is 20.5. The summed E-state index contributed by atoms with van der Waals surface area (Å²) >= 11 is 1.69. The predicted octanol–water partition coefficient (Wildman–Crippen LogP) is 7.36. The van der Waals surface area contributed by atoms with E-state index >= 15 is 0 Å². The Bertz CT molecular complexity index is 1040. The summed E-state index contributed by atoms with van der Waals surface area (Å²) in [4.78, 5) is 21.2. The van der Waals surface area contributed by atoms with Crippen LogP contribution in [-0.2, 0) is 9.53 Å². The van der Waals surface area contributed by atoms with Crippen LogP contribution in [0.1, 0.15) is 46.5 Å². The first-order valence-corrected chi connectivity index (χ1v) is 12.4. The van der Waals surface area contributed by atoms with E-state index in [2.05, 4.69) is 29.2 Å². The summed E-state index contributed by atoms with van der Waals surface area (Å²) in [5.74, 6) is 0.692. The number of rotatable bonds is 10. The molecular weight excluding hydrogens is 428 g/mol. The molecule has 3 aromatic rings. The molecule has 0 amide bonds. The van der Waals surface area contributed by atoms with Crippen LogP contribution in [0, 0.1) is 0 Å². The number of allylic oxidation sites excluding steroid dienone is 1. The number of carbonyl (C=O) groups excluding carboxylic acids is 1. The van der Waals surface area contributed by atoms with Gasteiger partial charge < -0.3 is 4.74 Å². The fourth-order valence-corrected chi connectivity index (χ4v) is 4.11. The lowest BCUT2D eigenvalue weighted by Gasteiger charge is -2.17. The van der Waals surface area contributed by atoms with Gasteiger partial charge in [-0.3, -0.25) is 0 Å². The molecule has 0 fully saturated rings. The van der Waals surface area contributed by atoms with Crippen molar-refractivity contribution in [2.45, 2.75) is 57.2 Å². The van der Waals surface area contributed by atoms with Crippen LogP contribution in [0.25, 0.3) is 22.4 Å². The van der Waals surface area contributed by atoms with Crippen molar-refractivity contribution in [2.75, 3.05) is 5.75 Å². The number of esters is 1. The van der Waals surface area contributed by atoms with Crippen LogP contribution in [0.4, 0.5) is 0 Å². The number of aromatic nitrogens is 2. The third-order valence-corrected chi connectivity index (χ3v) is 5.75. The fraction of sp³-hybridized carbons (Fsp3) is 0.321. The molecule has 0 spiro atoms. The largest absolute Gasteiger partial charge is 0.457 e. The Balaban J connectivity index is 1.51. The maximum atomic E-state index is 11.7. The van der Waals surface area contributed by atoms with Gasteiger partial charge in [0, 0.05) is 29.2 Å². The van der Waals surface area contributed by atoms with Crippen LogP contribution in [0.2, 0.25) is 0 Å². The number of thioether (sulfide) groups is 1. The average molecular weight is 461 g/mol. The summed E-state index contributed by atoms with van der Waals surface area (Å²) in [6, 6.07) is 20.6. The van der Waals surface area contributed by atoms with E-state index < -0.39 is 5.60 Å². The van der Waals surface area contributed by atoms with Gasteiger partial charge in [-0.1, -0.05) is 84.9 Å². The van der Waals surface area contributed by atoms with Crippen LogP contribution < -0.4 is 0 Å². The molecule has 1 heterocycles. The molecule has 0 aliphatic heterocycles. The van der Waals surface area contributed by atoms with Crippen molar-refractivity contribution in [3.63, 3.8) is 0 Å². The van der Waals surface area contributed by atoms with E-state index in [4.69, 9.17) is 9.72 Å². The SMILES string of the molecule is CC(C)(C)OC(=O)C=CCCCCCSc1ncc(-c2ccccc2)c(-c2ccccc2)n1. The monoisotopic (exact) mass is 460 g/mol. The number of hydrogen-bond donors (Lipinski definition) is 0. The first kappa shape index (κ1) is 24.7. The van der Waals surface area contributed by atoms with E-state index in [-0.39, 0.29) is 5.97 Å². The van der Waals surface area contributed by atoms with Gasteiger partial charge in [-0.2, -0.15) is 0 Å². The Kier molecular flexibility index (Phi) is 9.25. The minimum absolute atomic E-state index is 0.275. The maximum absolute atomic E-state index is 11.7. The van der Waals surface area contributed by atoms with Crippen molar-refractivity contribution in [2.24, 2.45) is 0 Å². The Morgan fingerprint density at radius 2 is 1.61 bits per heavy atom. The van der Waals surface area contributed by atoms with Crippen LogP contribution in [0.15, 0.2) is 84.2 Å². The van der Waals surface area contributed by atoms with Gasteiger partial charge in [-0.05, 0) is 45.6 Å². The lowest BCUT2D eigenvalue weighted by atomic mass is 10.0. The van der Waals surface area contributed by atoms with Crippen molar-refractivity contribution in [1.29, 1.82) is 0 Å². The van der Waals surface area contributed by atoms with Crippen LogP contribution >= 0.6 is 11.8 Å². The van der Waals surface area contributed by atoms with Gasteiger partial charge in [-0.15, -0.1) is 0 Å². The Morgan fingerprint density at radius 1 is 0.939 bits per heavy atom. The molecule has 0 aliphatic carbocycles. The number of hydrogen-bond acceptors (Lipinski definition) is 5. The molecule has 0 radical (unpaired) electrons. The summed E-state index contributed by atoms with van der Waals surface area (Å²) in [5.41, 5.74) is 3.78. The lowest BCUT2D eigenvalue weighted by Crippen LogP contribution is -2.22. The molecule has 0 atom stereocenters. The number of nitrogens with zero attached hydrogens (tertiary/aromatic N) is 2. The van der Waals surface area contributed by atoms with Gasteiger partial charge >= 0.3 is 5.97 Å². The van der Waals surface area contributed by atoms with Gasteiger partial charge in [-0.25, -0.2) is 14.8 Å². The van der Waals surface area contributed by atoms with Crippen molar-refractivity contribution in [3.05, 3.63) is 79.0 Å². The normalized spacial score (nSPS) is 11.6. The molecule has 0 saturated carbocycles. The number of unbranched alkanes of at least 4 members (excludes halogenated alkanes) is 3. The first-order chi connectivity index (χ1) is 15.9. The molecule has 0 bridgehead atoms. The first-order valence-electron chi connectivity index (χ1n) is 11.4. The Labute approximate surface area is 201 Å². The zero-order valence-electron chi connectivity index (χ0n) is 19.7. The summed E-state index contributed by atoms with van der Waals surface area (Å²) < 4.78 is 5.27. The smallest absolute Gasteiger partial charge is 0.330 e. The highest BCUT2D eigenvalue weighted by Gasteiger charge is 2.14. The molecule has 3 rings (SSSR count). The summed E-state index contributed by atoms with van der Waals surface area (Å²) in [7, 11) is 0. The standard InChI is InChI=1S/C28H32N2O2S/c1-28(2,3)32-25(31)19-13-5-4-6-14-20-33-27-29-21-24(22-15-9-7-10-16-22)26(30-27)23-17-11-8-12-18-23/h7-13,15-19,21H,4-6,14,20H2,1-3H3. The second-order valence-corrected chi connectivity index (χ2v) is 9.84. The van der Waals surface area contributed by atoms with Gasteiger partial charge in [0.15, 0.2) is 5.16 Å². The van der Waals surface area contributed by atoms with E-state index in [0.717, 1.165) is 59.0 Å². The average Bonchev–Trinajstić information content (AvgIpc) is 2.80. The molecular formula is C28H32N2O2S. The molecule has 172 valence electrons. The quantitative estimate of drug-likeness (QED) is 0.104. The summed E-state index contributed by atoms with van der Waals surface area (Å²) in [6.45, 7) is 5.62. The number of carbonyl (C=O) groups is 1. The Hall–Kier alpha value is -2.92. The molecule has 4 nitrogen and oxygen atoms in total. The fourth-order valence-electron chi connectivity index (χ4n) is 3.30. The molecule has 0 aliphatic rings. The highest BCUT2D eigenvalue weighted by atomic mass is 32.2.